The van der Waals surface area contributed by atoms with Gasteiger partial charge in [0.15, 0.2) is 0 Å². The van der Waals surface area contributed by atoms with Crippen LogP contribution < -0.4 is 5.73 Å². The van der Waals surface area contributed by atoms with E-state index in [9.17, 15) is 0 Å². The molecule has 50 valence electrons. The lowest BCUT2D eigenvalue weighted by Gasteiger charge is -2.34. The molecule has 8 heavy (non-hydrogen) atoms. The molecule has 0 radical (unpaired) electrons. The zero-order valence-electron chi connectivity index (χ0n) is 4.69. The van der Waals surface area contributed by atoms with Gasteiger partial charge in [-0.1, -0.05) is 22.4 Å². The molecular weight excluding hydrogens is 189 g/mol. The lowest BCUT2D eigenvalue weighted by Crippen LogP contribution is -2.37. The zero-order chi connectivity index (χ0) is 5.33. The summed E-state index contributed by atoms with van der Waals surface area (Å²) in [6.07, 6.45) is 3.88. The van der Waals surface area contributed by atoms with Gasteiger partial charge in [-0.15, -0.1) is 12.4 Å². The zero-order valence-corrected chi connectivity index (χ0v) is 7.09. The molecule has 3 heteroatoms. The first kappa shape index (κ1) is 8.73. The fourth-order valence-corrected chi connectivity index (χ4v) is 1.33. The van der Waals surface area contributed by atoms with Gasteiger partial charge in [-0.3, -0.25) is 0 Å². The van der Waals surface area contributed by atoms with E-state index < -0.39 is 0 Å². The Labute approximate surface area is 64.6 Å². The summed E-state index contributed by atoms with van der Waals surface area (Å²) in [5, 5.41) is 0. The van der Waals surface area contributed by atoms with Crippen molar-refractivity contribution in [2.75, 3.05) is 6.54 Å². The molecule has 1 rings (SSSR count). The highest BCUT2D eigenvalue weighted by atomic mass is 79.9. The quantitative estimate of drug-likeness (QED) is 0.641. The molecule has 1 aliphatic carbocycles. The maximum atomic E-state index is 5.42. The van der Waals surface area contributed by atoms with Gasteiger partial charge in [0.2, 0.25) is 0 Å². The van der Waals surface area contributed by atoms with Crippen LogP contribution in [0, 0.1) is 0 Å². The number of hydrogen-bond donors (Lipinski definition) is 1. The van der Waals surface area contributed by atoms with E-state index in [4.69, 9.17) is 5.73 Å². The van der Waals surface area contributed by atoms with Gasteiger partial charge in [-0.25, -0.2) is 0 Å². The second-order valence-electron chi connectivity index (χ2n) is 2.21. The Bertz CT molecular complexity index is 67.3. The van der Waals surface area contributed by atoms with Crippen molar-refractivity contribution in [3.8, 4) is 0 Å². The first-order valence-corrected chi connectivity index (χ1v) is 3.45. The van der Waals surface area contributed by atoms with Crippen molar-refractivity contribution in [2.24, 2.45) is 5.73 Å². The van der Waals surface area contributed by atoms with Crippen molar-refractivity contribution in [3.05, 3.63) is 0 Å². The maximum Gasteiger partial charge on any atom is 0.0380 e. The summed E-state index contributed by atoms with van der Waals surface area (Å²) in [6, 6.07) is 0. The van der Waals surface area contributed by atoms with Crippen LogP contribution >= 0.6 is 28.3 Å². The predicted octanol–water partition coefficient (Wildman–Crippen LogP) is 1.68. The summed E-state index contributed by atoms with van der Waals surface area (Å²) in [4.78, 5) is 0. The minimum absolute atomic E-state index is 0. The average molecular weight is 201 g/mol. The number of rotatable bonds is 1. The van der Waals surface area contributed by atoms with Gasteiger partial charge >= 0.3 is 0 Å². The summed E-state index contributed by atoms with van der Waals surface area (Å²) in [5.41, 5.74) is 5.42. The van der Waals surface area contributed by atoms with Crippen LogP contribution in [0.2, 0.25) is 0 Å². The van der Waals surface area contributed by atoms with Gasteiger partial charge in [0.05, 0.1) is 0 Å². The highest BCUT2D eigenvalue weighted by Crippen LogP contribution is 2.38. The van der Waals surface area contributed by atoms with Crippen LogP contribution in [0.25, 0.3) is 0 Å². The summed E-state index contributed by atoms with van der Waals surface area (Å²) in [7, 11) is 0. The van der Waals surface area contributed by atoms with Gasteiger partial charge in [0.1, 0.15) is 0 Å². The van der Waals surface area contributed by atoms with Gasteiger partial charge in [-0.2, -0.15) is 0 Å². The fourth-order valence-electron chi connectivity index (χ4n) is 0.765. The standard InChI is InChI=1S/C5H10BrN.ClH/c6-5(4-7)2-1-3-5;/h1-4,7H2;1H. The molecule has 1 fully saturated rings. The van der Waals surface area contributed by atoms with Gasteiger partial charge in [-0.05, 0) is 12.8 Å². The Kier molecular flexibility index (Phi) is 3.32. The number of halogens is 2. The molecule has 2 N–H and O–H groups in total. The number of nitrogens with two attached hydrogens (primary N) is 1. The predicted molar refractivity (Wildman–Crippen MR) is 41.8 cm³/mol. The summed E-state index contributed by atoms with van der Waals surface area (Å²) >= 11 is 3.54. The monoisotopic (exact) mass is 199 g/mol. The van der Waals surface area contributed by atoms with Crippen LogP contribution in [0.1, 0.15) is 19.3 Å². The van der Waals surface area contributed by atoms with E-state index in [1.54, 1.807) is 0 Å². The molecule has 0 aromatic rings. The third-order valence-corrected chi connectivity index (χ3v) is 2.73. The molecule has 0 spiro atoms. The Morgan fingerprint density at radius 2 is 2.00 bits per heavy atom. The lowest BCUT2D eigenvalue weighted by atomic mass is 9.85. The molecule has 1 nitrogen and oxygen atoms in total. The first-order valence-electron chi connectivity index (χ1n) is 2.66. The highest BCUT2D eigenvalue weighted by Gasteiger charge is 2.31. The van der Waals surface area contributed by atoms with E-state index >= 15 is 0 Å². The van der Waals surface area contributed by atoms with E-state index in [2.05, 4.69) is 15.9 Å². The Morgan fingerprint density at radius 1 is 1.50 bits per heavy atom. The molecule has 0 atom stereocenters. The minimum Gasteiger partial charge on any atom is -0.329 e. The largest absolute Gasteiger partial charge is 0.329 e. The molecule has 1 saturated carbocycles. The summed E-state index contributed by atoms with van der Waals surface area (Å²) < 4.78 is 0.354. The highest BCUT2D eigenvalue weighted by molar-refractivity contribution is 9.10. The van der Waals surface area contributed by atoms with E-state index in [-0.39, 0.29) is 12.4 Å². The normalized spacial score (nSPS) is 23.2. The molecule has 0 unspecified atom stereocenters. The smallest absolute Gasteiger partial charge is 0.0380 e. The van der Waals surface area contributed by atoms with Gasteiger partial charge < -0.3 is 5.73 Å². The molecule has 0 aromatic heterocycles. The minimum atomic E-state index is 0. The molecule has 0 aliphatic heterocycles. The summed E-state index contributed by atoms with van der Waals surface area (Å²) in [5.74, 6) is 0. The Hall–Kier alpha value is 0.730. The maximum absolute atomic E-state index is 5.42. The molecule has 0 bridgehead atoms. The van der Waals surface area contributed by atoms with Crippen molar-refractivity contribution < 1.29 is 0 Å². The number of alkyl halides is 1. The van der Waals surface area contributed by atoms with E-state index in [0.717, 1.165) is 6.54 Å². The summed E-state index contributed by atoms with van der Waals surface area (Å²) in [6.45, 7) is 0.799. The van der Waals surface area contributed by atoms with Crippen LogP contribution in [0.15, 0.2) is 0 Å². The second kappa shape index (κ2) is 3.04. The SMILES string of the molecule is Cl.NCC1(Br)CCC1. The van der Waals surface area contributed by atoms with Crippen molar-refractivity contribution in [1.29, 1.82) is 0 Å². The van der Waals surface area contributed by atoms with E-state index in [1.165, 1.54) is 19.3 Å². The molecule has 1 aliphatic rings. The molecular formula is C5H11BrClN. The van der Waals surface area contributed by atoms with E-state index in [1.807, 2.05) is 0 Å². The van der Waals surface area contributed by atoms with Crippen molar-refractivity contribution >= 4 is 28.3 Å². The van der Waals surface area contributed by atoms with Crippen molar-refractivity contribution in [2.45, 2.75) is 23.6 Å². The fraction of sp³-hybridized carbons (Fsp3) is 1.00. The number of hydrogen-bond acceptors (Lipinski definition) is 1. The Balaban J connectivity index is 0.000000490. The molecule has 0 amide bonds. The van der Waals surface area contributed by atoms with Crippen molar-refractivity contribution in [3.63, 3.8) is 0 Å². The molecule has 0 aromatic carbocycles. The van der Waals surface area contributed by atoms with Crippen LogP contribution in [-0.2, 0) is 0 Å². The average Bonchev–Trinajstić information content (AvgIpc) is 1.61. The van der Waals surface area contributed by atoms with Gasteiger partial charge in [0.25, 0.3) is 0 Å². The molecule has 0 saturated heterocycles. The van der Waals surface area contributed by atoms with Crippen molar-refractivity contribution in [1.82, 2.24) is 0 Å². The van der Waals surface area contributed by atoms with Crippen LogP contribution in [-0.4, -0.2) is 10.9 Å². The third-order valence-electron chi connectivity index (χ3n) is 1.62. The van der Waals surface area contributed by atoms with Crippen LogP contribution in [0.5, 0.6) is 0 Å². The van der Waals surface area contributed by atoms with E-state index in [0.29, 0.717) is 4.32 Å². The van der Waals surface area contributed by atoms with Crippen LogP contribution in [0.3, 0.4) is 0 Å². The third kappa shape index (κ3) is 1.61. The second-order valence-corrected chi connectivity index (χ2v) is 3.89. The molecule has 0 heterocycles. The lowest BCUT2D eigenvalue weighted by molar-refractivity contribution is 0.381. The first-order chi connectivity index (χ1) is 3.27. The van der Waals surface area contributed by atoms with Gasteiger partial charge in [0, 0.05) is 10.9 Å². The van der Waals surface area contributed by atoms with Crippen LogP contribution in [0.4, 0.5) is 0 Å². The Morgan fingerprint density at radius 3 is 2.00 bits per heavy atom. The topological polar surface area (TPSA) is 26.0 Å².